The molecule has 3 aromatic carbocycles. The molecule has 0 atom stereocenters. The molecule has 3 rings (SSSR count). The molecule has 0 aromatic heterocycles. The largest absolute Gasteiger partial charge is 0.483 e. The predicted octanol–water partition coefficient (Wildman–Crippen LogP) is 4.71. The molecule has 7 nitrogen and oxygen atoms in total. The van der Waals surface area contributed by atoms with Crippen LogP contribution in [0.5, 0.6) is 17.2 Å². The SMILES string of the molecule is Cc1cc(S(=O)(=O)N(C)C)ccc1OCC(=O)Nc1cc(Cl)ccc1Oc1ccccc1. The second-order valence-electron chi connectivity index (χ2n) is 7.11. The molecule has 0 aliphatic carbocycles. The van der Waals surface area contributed by atoms with Crippen LogP contribution in [0.2, 0.25) is 5.02 Å². The van der Waals surface area contributed by atoms with E-state index < -0.39 is 15.9 Å². The summed E-state index contributed by atoms with van der Waals surface area (Å²) in [7, 11) is -0.624. The van der Waals surface area contributed by atoms with Crippen molar-refractivity contribution in [3.05, 3.63) is 77.3 Å². The maximum Gasteiger partial charge on any atom is 0.262 e. The number of benzene rings is 3. The number of amides is 1. The van der Waals surface area contributed by atoms with Crippen LogP contribution in [-0.4, -0.2) is 39.3 Å². The molecule has 168 valence electrons. The molecule has 0 spiro atoms. The normalized spacial score (nSPS) is 11.3. The predicted molar refractivity (Wildman–Crippen MR) is 124 cm³/mol. The number of anilines is 1. The van der Waals surface area contributed by atoms with Crippen molar-refractivity contribution in [3.8, 4) is 17.2 Å². The van der Waals surface area contributed by atoms with Gasteiger partial charge in [-0.1, -0.05) is 29.8 Å². The molecule has 9 heteroatoms. The average Bonchev–Trinajstić information content (AvgIpc) is 2.75. The summed E-state index contributed by atoms with van der Waals surface area (Å²) in [5.41, 5.74) is 0.996. The van der Waals surface area contributed by atoms with Gasteiger partial charge < -0.3 is 14.8 Å². The fourth-order valence-electron chi connectivity index (χ4n) is 2.79. The van der Waals surface area contributed by atoms with Crippen molar-refractivity contribution in [2.45, 2.75) is 11.8 Å². The van der Waals surface area contributed by atoms with Gasteiger partial charge in [0, 0.05) is 19.1 Å². The van der Waals surface area contributed by atoms with Gasteiger partial charge in [-0.25, -0.2) is 12.7 Å². The van der Waals surface area contributed by atoms with E-state index in [1.165, 1.54) is 32.3 Å². The molecule has 1 N–H and O–H groups in total. The molecule has 0 aliphatic rings. The summed E-state index contributed by atoms with van der Waals surface area (Å²) in [5.74, 6) is 1.03. The number of hydrogen-bond acceptors (Lipinski definition) is 5. The zero-order chi connectivity index (χ0) is 23.3. The summed E-state index contributed by atoms with van der Waals surface area (Å²) in [6, 6.07) is 18.6. The highest BCUT2D eigenvalue weighted by Gasteiger charge is 2.18. The zero-order valence-electron chi connectivity index (χ0n) is 17.8. The van der Waals surface area contributed by atoms with Gasteiger partial charge >= 0.3 is 0 Å². The first-order valence-corrected chi connectivity index (χ1v) is 11.5. The van der Waals surface area contributed by atoms with E-state index >= 15 is 0 Å². The molecule has 0 unspecified atom stereocenters. The quantitative estimate of drug-likeness (QED) is 0.511. The number of rotatable bonds is 8. The van der Waals surface area contributed by atoms with Crippen molar-refractivity contribution in [1.82, 2.24) is 4.31 Å². The molecule has 0 saturated heterocycles. The summed E-state index contributed by atoms with van der Waals surface area (Å²) in [4.78, 5) is 12.6. The minimum absolute atomic E-state index is 0.151. The van der Waals surface area contributed by atoms with Crippen LogP contribution >= 0.6 is 11.6 Å². The number of ether oxygens (including phenoxy) is 2. The number of carbonyl (C=O) groups excluding carboxylic acids is 1. The van der Waals surface area contributed by atoms with Gasteiger partial charge in [0.2, 0.25) is 10.0 Å². The van der Waals surface area contributed by atoms with E-state index in [9.17, 15) is 13.2 Å². The number of carbonyl (C=O) groups is 1. The molecular formula is C23H23ClN2O5S. The highest BCUT2D eigenvalue weighted by atomic mass is 35.5. The smallest absolute Gasteiger partial charge is 0.262 e. The van der Waals surface area contributed by atoms with E-state index in [2.05, 4.69) is 5.32 Å². The topological polar surface area (TPSA) is 84.9 Å². The Balaban J connectivity index is 1.69. The molecule has 0 radical (unpaired) electrons. The van der Waals surface area contributed by atoms with Crippen LogP contribution in [-0.2, 0) is 14.8 Å². The first-order chi connectivity index (χ1) is 15.2. The second-order valence-corrected chi connectivity index (χ2v) is 9.70. The number of nitrogens with one attached hydrogen (secondary N) is 1. The second kappa shape index (κ2) is 10.0. The third-order valence-electron chi connectivity index (χ3n) is 4.47. The van der Waals surface area contributed by atoms with Gasteiger partial charge in [-0.3, -0.25) is 4.79 Å². The van der Waals surface area contributed by atoms with Crippen molar-refractivity contribution in [2.75, 3.05) is 26.0 Å². The van der Waals surface area contributed by atoms with Gasteiger partial charge in [-0.2, -0.15) is 0 Å². The maximum atomic E-state index is 12.5. The third kappa shape index (κ3) is 5.79. The number of aryl methyl sites for hydroxylation is 1. The van der Waals surface area contributed by atoms with Crippen molar-refractivity contribution >= 4 is 33.2 Å². The van der Waals surface area contributed by atoms with Crippen LogP contribution in [0.1, 0.15) is 5.56 Å². The lowest BCUT2D eigenvalue weighted by Crippen LogP contribution is -2.22. The Kier molecular flexibility index (Phi) is 7.40. The van der Waals surface area contributed by atoms with Crippen molar-refractivity contribution in [3.63, 3.8) is 0 Å². The monoisotopic (exact) mass is 474 g/mol. The van der Waals surface area contributed by atoms with Gasteiger partial charge in [-0.05, 0) is 61.0 Å². The van der Waals surface area contributed by atoms with Gasteiger partial charge in [0.15, 0.2) is 12.4 Å². The molecule has 0 aliphatic heterocycles. The molecule has 0 saturated carbocycles. The summed E-state index contributed by atoms with van der Waals surface area (Å²) in [6.07, 6.45) is 0. The number of halogens is 1. The number of sulfonamides is 1. The van der Waals surface area contributed by atoms with Crippen LogP contribution < -0.4 is 14.8 Å². The number of hydrogen-bond donors (Lipinski definition) is 1. The molecule has 0 heterocycles. The van der Waals surface area contributed by atoms with E-state index in [0.29, 0.717) is 33.5 Å². The Bertz CT molecular complexity index is 1210. The molecule has 0 fully saturated rings. The fourth-order valence-corrected chi connectivity index (χ4v) is 3.95. The van der Waals surface area contributed by atoms with Crippen LogP contribution in [0.3, 0.4) is 0 Å². The van der Waals surface area contributed by atoms with E-state index in [0.717, 1.165) is 4.31 Å². The summed E-state index contributed by atoms with van der Waals surface area (Å²) < 4.78 is 37.1. The number of para-hydroxylation sites is 1. The Hall–Kier alpha value is -3.07. The Morgan fingerprint density at radius 2 is 1.69 bits per heavy atom. The lowest BCUT2D eigenvalue weighted by Gasteiger charge is -2.15. The highest BCUT2D eigenvalue weighted by molar-refractivity contribution is 7.89. The lowest BCUT2D eigenvalue weighted by atomic mass is 10.2. The zero-order valence-corrected chi connectivity index (χ0v) is 19.4. The van der Waals surface area contributed by atoms with E-state index in [1.54, 1.807) is 37.3 Å². The van der Waals surface area contributed by atoms with Crippen molar-refractivity contribution in [1.29, 1.82) is 0 Å². The van der Waals surface area contributed by atoms with Gasteiger partial charge in [0.25, 0.3) is 5.91 Å². The van der Waals surface area contributed by atoms with Gasteiger partial charge in [-0.15, -0.1) is 0 Å². The summed E-state index contributed by atoms with van der Waals surface area (Å²) in [6.45, 7) is 1.43. The first-order valence-electron chi connectivity index (χ1n) is 9.65. The Morgan fingerprint density at radius 1 is 1.00 bits per heavy atom. The van der Waals surface area contributed by atoms with Crippen LogP contribution in [0.4, 0.5) is 5.69 Å². The van der Waals surface area contributed by atoms with Crippen molar-refractivity contribution in [2.24, 2.45) is 0 Å². The molecular weight excluding hydrogens is 452 g/mol. The van der Waals surface area contributed by atoms with E-state index in [-0.39, 0.29) is 11.5 Å². The molecule has 3 aromatic rings. The minimum atomic E-state index is -3.55. The lowest BCUT2D eigenvalue weighted by molar-refractivity contribution is -0.118. The number of nitrogens with zero attached hydrogens (tertiary/aromatic N) is 1. The molecule has 32 heavy (non-hydrogen) atoms. The van der Waals surface area contributed by atoms with Crippen LogP contribution in [0, 0.1) is 6.92 Å². The van der Waals surface area contributed by atoms with Crippen LogP contribution in [0.25, 0.3) is 0 Å². The average molecular weight is 475 g/mol. The van der Waals surface area contributed by atoms with Gasteiger partial charge in [0.05, 0.1) is 10.6 Å². The summed E-state index contributed by atoms with van der Waals surface area (Å²) >= 11 is 6.08. The van der Waals surface area contributed by atoms with E-state index in [1.807, 2.05) is 18.2 Å². The third-order valence-corrected chi connectivity index (χ3v) is 6.52. The standard InChI is InChI=1S/C23H23ClN2O5S/c1-16-13-19(32(28,29)26(2)3)10-12-21(16)30-15-23(27)25-20-14-17(24)9-11-22(20)31-18-7-5-4-6-8-18/h4-14H,15H2,1-3H3,(H,25,27). The maximum absolute atomic E-state index is 12.5. The van der Waals surface area contributed by atoms with Crippen molar-refractivity contribution < 1.29 is 22.7 Å². The molecule has 0 bridgehead atoms. The van der Waals surface area contributed by atoms with E-state index in [4.69, 9.17) is 21.1 Å². The molecule has 1 amide bonds. The first kappa shape index (κ1) is 23.6. The van der Waals surface area contributed by atoms with Crippen LogP contribution in [0.15, 0.2) is 71.6 Å². The van der Waals surface area contributed by atoms with Gasteiger partial charge in [0.1, 0.15) is 11.5 Å². The fraction of sp³-hybridized carbons (Fsp3) is 0.174. The highest BCUT2D eigenvalue weighted by Crippen LogP contribution is 2.32. The minimum Gasteiger partial charge on any atom is -0.483 e. The Morgan fingerprint density at radius 3 is 2.34 bits per heavy atom. The Labute approximate surface area is 192 Å². The summed E-state index contributed by atoms with van der Waals surface area (Å²) in [5, 5.41) is 3.18.